The molecule has 22 heavy (non-hydrogen) atoms. The molecule has 0 aromatic heterocycles. The molecule has 116 valence electrons. The number of rotatable bonds is 3. The molecule has 0 fully saturated rings. The van der Waals surface area contributed by atoms with Gasteiger partial charge in [-0.25, -0.2) is 0 Å². The Kier molecular flexibility index (Phi) is 3.61. The van der Waals surface area contributed by atoms with E-state index >= 15 is 0 Å². The van der Waals surface area contributed by atoms with Crippen molar-refractivity contribution >= 4 is 0 Å². The van der Waals surface area contributed by atoms with Crippen molar-refractivity contribution in [3.8, 4) is 23.0 Å². The summed E-state index contributed by atoms with van der Waals surface area (Å²) in [5.74, 6) is 1.72. The summed E-state index contributed by atoms with van der Waals surface area (Å²) in [6.45, 7) is 2.18. The standard InChI is InChI=1S/C18H20O4/c1-10-8-12-9-14(21-2)17(20)18(22-3)16(12)15(10)11-4-6-13(19)7-5-11/h4-7,9-10,15,19-20H,8H2,1-3H3/t10-,15+/m0/s1. The maximum atomic E-state index is 10.4. The van der Waals surface area contributed by atoms with Crippen LogP contribution >= 0.6 is 0 Å². The minimum absolute atomic E-state index is 0.0432. The summed E-state index contributed by atoms with van der Waals surface area (Å²) < 4.78 is 10.7. The lowest BCUT2D eigenvalue weighted by Crippen LogP contribution is -2.06. The monoisotopic (exact) mass is 300 g/mol. The molecular weight excluding hydrogens is 280 g/mol. The third-order valence-corrected chi connectivity index (χ3v) is 4.44. The first-order valence-electron chi connectivity index (χ1n) is 7.32. The molecule has 1 aliphatic rings. The molecule has 0 saturated heterocycles. The third kappa shape index (κ3) is 2.15. The summed E-state index contributed by atoms with van der Waals surface area (Å²) in [5.41, 5.74) is 3.25. The van der Waals surface area contributed by atoms with Gasteiger partial charge in [0, 0.05) is 11.5 Å². The second-order valence-electron chi connectivity index (χ2n) is 5.78. The van der Waals surface area contributed by atoms with Crippen LogP contribution in [0.1, 0.15) is 29.5 Å². The maximum absolute atomic E-state index is 10.4. The van der Waals surface area contributed by atoms with Crippen LogP contribution in [0.3, 0.4) is 0 Å². The quantitative estimate of drug-likeness (QED) is 0.911. The van der Waals surface area contributed by atoms with E-state index in [2.05, 4.69) is 6.92 Å². The Balaban J connectivity index is 2.18. The number of hydrogen-bond donors (Lipinski definition) is 2. The fraction of sp³-hybridized carbons (Fsp3) is 0.333. The number of phenolic OH excluding ortho intramolecular Hbond substituents is 2. The highest BCUT2D eigenvalue weighted by atomic mass is 16.5. The molecule has 0 saturated carbocycles. The van der Waals surface area contributed by atoms with Crippen molar-refractivity contribution in [1.82, 2.24) is 0 Å². The molecule has 0 aliphatic heterocycles. The van der Waals surface area contributed by atoms with Gasteiger partial charge in [-0.2, -0.15) is 0 Å². The van der Waals surface area contributed by atoms with Gasteiger partial charge in [-0.15, -0.1) is 0 Å². The lowest BCUT2D eigenvalue weighted by Gasteiger charge is -2.20. The Morgan fingerprint density at radius 3 is 2.32 bits per heavy atom. The molecule has 0 unspecified atom stereocenters. The third-order valence-electron chi connectivity index (χ3n) is 4.44. The number of methoxy groups -OCH3 is 2. The fourth-order valence-electron chi connectivity index (χ4n) is 3.49. The molecular formula is C18H20O4. The maximum Gasteiger partial charge on any atom is 0.201 e. The Labute approximate surface area is 129 Å². The van der Waals surface area contributed by atoms with Gasteiger partial charge in [0.15, 0.2) is 11.5 Å². The first-order valence-corrected chi connectivity index (χ1v) is 7.32. The Morgan fingerprint density at radius 1 is 1.05 bits per heavy atom. The zero-order chi connectivity index (χ0) is 15.9. The molecule has 0 heterocycles. The van der Waals surface area contributed by atoms with Gasteiger partial charge < -0.3 is 19.7 Å². The second kappa shape index (κ2) is 5.44. The molecule has 0 bridgehead atoms. The van der Waals surface area contributed by atoms with Crippen LogP contribution in [0.2, 0.25) is 0 Å². The summed E-state index contributed by atoms with van der Waals surface area (Å²) in [6.07, 6.45) is 0.897. The van der Waals surface area contributed by atoms with Gasteiger partial charge in [-0.05, 0) is 41.7 Å². The van der Waals surface area contributed by atoms with E-state index < -0.39 is 0 Å². The highest BCUT2D eigenvalue weighted by Gasteiger charge is 2.36. The number of hydrogen-bond acceptors (Lipinski definition) is 4. The number of ether oxygens (including phenoxy) is 2. The predicted molar refractivity (Wildman–Crippen MR) is 84.0 cm³/mol. The van der Waals surface area contributed by atoms with E-state index in [1.807, 2.05) is 18.2 Å². The first-order chi connectivity index (χ1) is 10.6. The molecule has 3 rings (SSSR count). The average Bonchev–Trinajstić information content (AvgIpc) is 2.83. The van der Waals surface area contributed by atoms with Crippen LogP contribution in [0.4, 0.5) is 0 Å². The Bertz CT molecular complexity index is 691. The summed E-state index contributed by atoms with van der Waals surface area (Å²) in [5, 5.41) is 19.9. The van der Waals surface area contributed by atoms with Crippen LogP contribution in [0.5, 0.6) is 23.0 Å². The van der Waals surface area contributed by atoms with E-state index in [1.165, 1.54) is 7.11 Å². The zero-order valence-electron chi connectivity index (χ0n) is 13.0. The largest absolute Gasteiger partial charge is 0.508 e. The zero-order valence-corrected chi connectivity index (χ0v) is 13.0. The molecule has 0 amide bonds. The minimum Gasteiger partial charge on any atom is -0.508 e. The van der Waals surface area contributed by atoms with Gasteiger partial charge in [-0.1, -0.05) is 19.1 Å². The van der Waals surface area contributed by atoms with Gasteiger partial charge in [0.05, 0.1) is 14.2 Å². The molecule has 0 spiro atoms. The van der Waals surface area contributed by atoms with Crippen molar-refractivity contribution in [1.29, 1.82) is 0 Å². The van der Waals surface area contributed by atoms with E-state index in [9.17, 15) is 10.2 Å². The van der Waals surface area contributed by atoms with E-state index in [0.717, 1.165) is 23.1 Å². The normalized spacial score (nSPS) is 19.8. The molecule has 0 radical (unpaired) electrons. The Morgan fingerprint density at radius 2 is 1.73 bits per heavy atom. The van der Waals surface area contributed by atoms with Crippen molar-refractivity contribution in [2.45, 2.75) is 19.3 Å². The predicted octanol–water partition coefficient (Wildman–Crippen LogP) is 3.44. The van der Waals surface area contributed by atoms with Crippen molar-refractivity contribution in [2.75, 3.05) is 14.2 Å². The van der Waals surface area contributed by atoms with Crippen molar-refractivity contribution in [3.63, 3.8) is 0 Å². The number of phenols is 2. The minimum atomic E-state index is 0.0432. The highest BCUT2D eigenvalue weighted by Crippen LogP contribution is 2.52. The second-order valence-corrected chi connectivity index (χ2v) is 5.78. The summed E-state index contributed by atoms with van der Waals surface area (Å²) in [4.78, 5) is 0. The summed E-state index contributed by atoms with van der Waals surface area (Å²) >= 11 is 0. The van der Waals surface area contributed by atoms with Gasteiger partial charge >= 0.3 is 0 Å². The van der Waals surface area contributed by atoms with Crippen molar-refractivity contribution < 1.29 is 19.7 Å². The SMILES string of the molecule is COc1cc2c(c(OC)c1O)[C@@H](c1ccc(O)cc1)[C@@H](C)C2. The Hall–Kier alpha value is -2.36. The fourth-order valence-corrected chi connectivity index (χ4v) is 3.49. The first kappa shape index (κ1) is 14.6. The molecule has 2 aromatic carbocycles. The summed E-state index contributed by atoms with van der Waals surface area (Å²) in [6, 6.07) is 9.12. The van der Waals surface area contributed by atoms with Crippen molar-refractivity contribution in [3.05, 3.63) is 47.0 Å². The molecule has 4 nitrogen and oxygen atoms in total. The van der Waals surface area contributed by atoms with E-state index in [1.54, 1.807) is 19.2 Å². The van der Waals surface area contributed by atoms with Crippen molar-refractivity contribution in [2.24, 2.45) is 5.92 Å². The van der Waals surface area contributed by atoms with Crippen LogP contribution in [0.15, 0.2) is 30.3 Å². The van der Waals surface area contributed by atoms with Crippen LogP contribution < -0.4 is 9.47 Å². The molecule has 4 heteroatoms. The lowest BCUT2D eigenvalue weighted by molar-refractivity contribution is 0.336. The molecule has 1 aliphatic carbocycles. The van der Waals surface area contributed by atoms with Gasteiger partial charge in [0.1, 0.15) is 5.75 Å². The molecule has 2 aromatic rings. The van der Waals surface area contributed by atoms with Gasteiger partial charge in [0.25, 0.3) is 0 Å². The van der Waals surface area contributed by atoms with Crippen LogP contribution in [0.25, 0.3) is 0 Å². The number of aromatic hydroxyl groups is 2. The summed E-state index contributed by atoms with van der Waals surface area (Å²) in [7, 11) is 3.10. The van der Waals surface area contributed by atoms with E-state index in [-0.39, 0.29) is 17.4 Å². The number of fused-ring (bicyclic) bond motifs is 1. The van der Waals surface area contributed by atoms with Crippen LogP contribution in [-0.4, -0.2) is 24.4 Å². The smallest absolute Gasteiger partial charge is 0.201 e. The van der Waals surface area contributed by atoms with E-state index in [4.69, 9.17) is 9.47 Å². The van der Waals surface area contributed by atoms with Crippen LogP contribution in [-0.2, 0) is 6.42 Å². The topological polar surface area (TPSA) is 58.9 Å². The van der Waals surface area contributed by atoms with Gasteiger partial charge in [-0.3, -0.25) is 0 Å². The number of benzene rings is 2. The average molecular weight is 300 g/mol. The highest BCUT2D eigenvalue weighted by molar-refractivity contribution is 5.63. The van der Waals surface area contributed by atoms with Gasteiger partial charge in [0.2, 0.25) is 5.75 Å². The van der Waals surface area contributed by atoms with E-state index in [0.29, 0.717) is 17.4 Å². The molecule has 2 atom stereocenters. The molecule has 2 N–H and O–H groups in total. The van der Waals surface area contributed by atoms with Crippen LogP contribution in [0, 0.1) is 5.92 Å². The lowest BCUT2D eigenvalue weighted by atomic mass is 9.86.